The lowest BCUT2D eigenvalue weighted by atomic mass is 10.1. The Labute approximate surface area is 99.0 Å². The number of hydrogen-bond acceptors (Lipinski definition) is 3. The molecule has 0 aromatic heterocycles. The fourth-order valence-electron chi connectivity index (χ4n) is 2.19. The van der Waals surface area contributed by atoms with Crippen molar-refractivity contribution in [1.82, 2.24) is 15.1 Å². The summed E-state index contributed by atoms with van der Waals surface area (Å²) < 4.78 is 0. The van der Waals surface area contributed by atoms with Crippen LogP contribution in [0.25, 0.3) is 0 Å². The van der Waals surface area contributed by atoms with Gasteiger partial charge in [-0.15, -0.1) is 0 Å². The number of carbonyl (C=O) groups is 1. The van der Waals surface area contributed by atoms with Gasteiger partial charge >= 0.3 is 0 Å². The molecule has 1 amide bonds. The van der Waals surface area contributed by atoms with E-state index in [1.807, 2.05) is 14.1 Å². The van der Waals surface area contributed by atoms with Gasteiger partial charge in [-0.2, -0.15) is 0 Å². The molecule has 1 saturated heterocycles. The smallest absolute Gasteiger partial charge is 0.223 e. The van der Waals surface area contributed by atoms with Crippen LogP contribution in [0.2, 0.25) is 0 Å². The Morgan fingerprint density at radius 3 is 2.88 bits per heavy atom. The second-order valence-electron chi connectivity index (χ2n) is 4.74. The van der Waals surface area contributed by atoms with Crippen molar-refractivity contribution >= 4 is 5.91 Å². The predicted octanol–water partition coefficient (Wildman–Crippen LogP) is 0.539. The fraction of sp³-hybridized carbons (Fsp3) is 0.917. The van der Waals surface area contributed by atoms with Gasteiger partial charge in [-0.25, -0.2) is 0 Å². The van der Waals surface area contributed by atoms with Crippen molar-refractivity contribution < 1.29 is 4.79 Å². The number of nitrogens with one attached hydrogen (secondary N) is 1. The van der Waals surface area contributed by atoms with Crippen LogP contribution in [-0.4, -0.2) is 62.0 Å². The highest BCUT2D eigenvalue weighted by Gasteiger charge is 2.19. The van der Waals surface area contributed by atoms with Gasteiger partial charge in [-0.1, -0.05) is 6.92 Å². The van der Waals surface area contributed by atoms with E-state index >= 15 is 0 Å². The van der Waals surface area contributed by atoms with Crippen molar-refractivity contribution in [2.75, 3.05) is 40.3 Å². The number of amides is 1. The van der Waals surface area contributed by atoms with Crippen LogP contribution in [-0.2, 0) is 4.79 Å². The highest BCUT2D eigenvalue weighted by Crippen LogP contribution is 2.10. The lowest BCUT2D eigenvalue weighted by Gasteiger charge is -2.33. The van der Waals surface area contributed by atoms with E-state index in [1.165, 1.54) is 12.8 Å². The van der Waals surface area contributed by atoms with Crippen molar-refractivity contribution in [3.8, 4) is 0 Å². The number of likely N-dealkylation sites (tertiary alicyclic amines) is 1. The Bertz CT molecular complexity index is 216. The molecule has 0 bridgehead atoms. The minimum absolute atomic E-state index is 0.227. The Morgan fingerprint density at radius 2 is 2.25 bits per heavy atom. The topological polar surface area (TPSA) is 35.6 Å². The molecular weight excluding hydrogens is 202 g/mol. The van der Waals surface area contributed by atoms with Crippen molar-refractivity contribution in [1.29, 1.82) is 0 Å². The van der Waals surface area contributed by atoms with E-state index in [2.05, 4.69) is 17.1 Å². The standard InChI is InChI=1S/C12H25N3O/c1-4-13-11-6-5-8-15(10-11)9-7-12(16)14(2)3/h11,13H,4-10H2,1-3H3. The van der Waals surface area contributed by atoms with Gasteiger partial charge in [0.05, 0.1) is 0 Å². The molecule has 4 nitrogen and oxygen atoms in total. The molecule has 0 radical (unpaired) electrons. The monoisotopic (exact) mass is 227 g/mol. The molecule has 0 aromatic carbocycles. The number of likely N-dealkylation sites (N-methyl/N-ethyl adjacent to an activating group) is 1. The maximum absolute atomic E-state index is 11.5. The van der Waals surface area contributed by atoms with Crippen LogP contribution in [0.1, 0.15) is 26.2 Å². The summed E-state index contributed by atoms with van der Waals surface area (Å²) in [5, 5.41) is 3.49. The Balaban J connectivity index is 2.24. The minimum atomic E-state index is 0.227. The first-order valence-electron chi connectivity index (χ1n) is 6.29. The average molecular weight is 227 g/mol. The van der Waals surface area contributed by atoms with Gasteiger partial charge in [0.2, 0.25) is 5.91 Å². The zero-order valence-corrected chi connectivity index (χ0v) is 10.8. The molecule has 0 aromatic rings. The van der Waals surface area contributed by atoms with Crippen LogP contribution in [0.4, 0.5) is 0 Å². The first kappa shape index (κ1) is 13.5. The molecule has 1 rings (SSSR count). The average Bonchev–Trinajstić information content (AvgIpc) is 2.26. The molecule has 1 unspecified atom stereocenters. The highest BCUT2D eigenvalue weighted by molar-refractivity contribution is 5.75. The van der Waals surface area contributed by atoms with E-state index in [9.17, 15) is 4.79 Å². The Hall–Kier alpha value is -0.610. The van der Waals surface area contributed by atoms with Crippen molar-refractivity contribution in [3.63, 3.8) is 0 Å². The van der Waals surface area contributed by atoms with Gasteiger partial charge in [0.1, 0.15) is 0 Å². The summed E-state index contributed by atoms with van der Waals surface area (Å²) in [5.41, 5.74) is 0. The zero-order valence-electron chi connectivity index (χ0n) is 10.8. The normalized spacial score (nSPS) is 22.1. The van der Waals surface area contributed by atoms with Crippen LogP contribution in [0.15, 0.2) is 0 Å². The van der Waals surface area contributed by atoms with E-state index < -0.39 is 0 Å². The summed E-state index contributed by atoms with van der Waals surface area (Å²) in [4.78, 5) is 15.5. The van der Waals surface area contributed by atoms with Gasteiger partial charge in [-0.3, -0.25) is 4.79 Å². The van der Waals surface area contributed by atoms with E-state index in [-0.39, 0.29) is 5.91 Å². The van der Waals surface area contributed by atoms with E-state index in [4.69, 9.17) is 0 Å². The molecule has 1 heterocycles. The molecule has 1 N–H and O–H groups in total. The maximum atomic E-state index is 11.5. The van der Waals surface area contributed by atoms with Gasteiger partial charge < -0.3 is 15.1 Å². The number of hydrogen-bond donors (Lipinski definition) is 1. The molecule has 16 heavy (non-hydrogen) atoms. The summed E-state index contributed by atoms with van der Waals surface area (Å²) in [5.74, 6) is 0.227. The first-order valence-corrected chi connectivity index (χ1v) is 6.29. The minimum Gasteiger partial charge on any atom is -0.349 e. The summed E-state index contributed by atoms with van der Waals surface area (Å²) in [6.45, 7) is 6.32. The third kappa shape index (κ3) is 4.49. The van der Waals surface area contributed by atoms with Crippen LogP contribution in [0.5, 0.6) is 0 Å². The number of carbonyl (C=O) groups excluding carboxylic acids is 1. The summed E-state index contributed by atoms with van der Waals surface area (Å²) in [6, 6.07) is 0.619. The number of rotatable bonds is 5. The largest absolute Gasteiger partial charge is 0.349 e. The molecule has 0 spiro atoms. The second kappa shape index (κ2) is 6.86. The quantitative estimate of drug-likeness (QED) is 0.744. The van der Waals surface area contributed by atoms with Crippen molar-refractivity contribution in [3.05, 3.63) is 0 Å². The highest BCUT2D eigenvalue weighted by atomic mass is 16.2. The molecule has 4 heteroatoms. The molecule has 0 aliphatic carbocycles. The SMILES string of the molecule is CCNC1CCCN(CCC(=O)N(C)C)C1. The van der Waals surface area contributed by atoms with Gasteiger partial charge in [-0.05, 0) is 25.9 Å². The summed E-state index contributed by atoms with van der Waals surface area (Å²) in [7, 11) is 3.64. The summed E-state index contributed by atoms with van der Waals surface area (Å²) >= 11 is 0. The van der Waals surface area contributed by atoms with Crippen molar-refractivity contribution in [2.24, 2.45) is 0 Å². The Kier molecular flexibility index (Phi) is 5.77. The maximum Gasteiger partial charge on any atom is 0.223 e. The molecule has 0 saturated carbocycles. The second-order valence-corrected chi connectivity index (χ2v) is 4.74. The third-order valence-electron chi connectivity index (χ3n) is 3.14. The first-order chi connectivity index (χ1) is 7.63. The van der Waals surface area contributed by atoms with E-state index in [1.54, 1.807) is 4.90 Å². The molecule has 1 aliphatic heterocycles. The molecule has 1 fully saturated rings. The lowest BCUT2D eigenvalue weighted by molar-refractivity contribution is -0.129. The number of nitrogens with zero attached hydrogens (tertiary/aromatic N) is 2. The molecular formula is C12H25N3O. The van der Waals surface area contributed by atoms with Gasteiger partial charge in [0.15, 0.2) is 0 Å². The molecule has 1 aliphatic rings. The Morgan fingerprint density at radius 1 is 1.50 bits per heavy atom. The van der Waals surface area contributed by atoms with E-state index in [0.717, 1.165) is 26.2 Å². The van der Waals surface area contributed by atoms with Gasteiger partial charge in [0, 0.05) is 39.6 Å². The zero-order chi connectivity index (χ0) is 12.0. The molecule has 94 valence electrons. The van der Waals surface area contributed by atoms with Crippen LogP contribution < -0.4 is 5.32 Å². The van der Waals surface area contributed by atoms with Crippen LogP contribution in [0.3, 0.4) is 0 Å². The van der Waals surface area contributed by atoms with Gasteiger partial charge in [0.25, 0.3) is 0 Å². The van der Waals surface area contributed by atoms with Crippen LogP contribution in [0, 0.1) is 0 Å². The van der Waals surface area contributed by atoms with Crippen molar-refractivity contribution in [2.45, 2.75) is 32.2 Å². The van der Waals surface area contributed by atoms with Crippen LogP contribution >= 0.6 is 0 Å². The fourth-order valence-corrected chi connectivity index (χ4v) is 2.19. The predicted molar refractivity (Wildman–Crippen MR) is 66.4 cm³/mol. The lowest BCUT2D eigenvalue weighted by Crippen LogP contribution is -2.46. The summed E-state index contributed by atoms with van der Waals surface area (Å²) in [6.07, 6.45) is 3.16. The third-order valence-corrected chi connectivity index (χ3v) is 3.14. The van der Waals surface area contributed by atoms with E-state index in [0.29, 0.717) is 12.5 Å². The number of piperidine rings is 1. The molecule has 1 atom stereocenters.